The average Bonchev–Trinajstić information content (AvgIpc) is 2.45. The standard InChI is InChI=1S/C14H21NO4/c1-2-3-8-19-14(18)12-6-4-5-7-13(12)15-9-11(17)10-16/h4-7,11,15-17H,2-3,8-10H2,1H3. The van der Waals surface area contributed by atoms with Crippen LogP contribution in [-0.4, -0.2) is 42.0 Å². The SMILES string of the molecule is CCCCOC(=O)c1ccccc1NCC(O)CO. The number of aliphatic hydroxyl groups excluding tert-OH is 2. The van der Waals surface area contributed by atoms with Crippen molar-refractivity contribution in [3.8, 4) is 0 Å². The lowest BCUT2D eigenvalue weighted by molar-refractivity contribution is 0.0500. The van der Waals surface area contributed by atoms with Crippen LogP contribution in [0.5, 0.6) is 0 Å². The summed E-state index contributed by atoms with van der Waals surface area (Å²) in [5.74, 6) is -0.380. The van der Waals surface area contributed by atoms with Crippen LogP contribution in [0.2, 0.25) is 0 Å². The van der Waals surface area contributed by atoms with Gasteiger partial charge in [-0.15, -0.1) is 0 Å². The lowest BCUT2D eigenvalue weighted by Crippen LogP contribution is -2.24. The second-order valence-electron chi connectivity index (χ2n) is 4.25. The molecule has 0 heterocycles. The molecule has 0 saturated carbocycles. The van der Waals surface area contributed by atoms with Gasteiger partial charge in [-0.25, -0.2) is 4.79 Å². The number of hydrogen-bond acceptors (Lipinski definition) is 5. The van der Waals surface area contributed by atoms with E-state index in [1.54, 1.807) is 24.3 Å². The molecule has 5 heteroatoms. The van der Waals surface area contributed by atoms with Crippen molar-refractivity contribution in [2.75, 3.05) is 25.1 Å². The van der Waals surface area contributed by atoms with Crippen molar-refractivity contribution >= 4 is 11.7 Å². The average molecular weight is 267 g/mol. The summed E-state index contributed by atoms with van der Waals surface area (Å²) in [5, 5.41) is 21.0. The van der Waals surface area contributed by atoms with Crippen molar-refractivity contribution in [2.45, 2.75) is 25.9 Å². The van der Waals surface area contributed by atoms with Gasteiger partial charge in [0.1, 0.15) is 0 Å². The summed E-state index contributed by atoms with van der Waals surface area (Å²) in [6.07, 6.45) is 0.949. The van der Waals surface area contributed by atoms with Gasteiger partial charge in [0.25, 0.3) is 0 Å². The molecule has 0 aliphatic carbocycles. The van der Waals surface area contributed by atoms with Crippen molar-refractivity contribution in [3.63, 3.8) is 0 Å². The van der Waals surface area contributed by atoms with E-state index in [-0.39, 0.29) is 19.1 Å². The summed E-state index contributed by atoms with van der Waals surface area (Å²) >= 11 is 0. The molecular weight excluding hydrogens is 246 g/mol. The number of anilines is 1. The van der Waals surface area contributed by atoms with Crippen molar-refractivity contribution in [1.29, 1.82) is 0 Å². The second-order valence-corrected chi connectivity index (χ2v) is 4.25. The zero-order valence-corrected chi connectivity index (χ0v) is 11.1. The number of carbonyl (C=O) groups is 1. The maximum absolute atomic E-state index is 11.9. The van der Waals surface area contributed by atoms with Crippen LogP contribution in [0.25, 0.3) is 0 Å². The fourth-order valence-electron chi connectivity index (χ4n) is 1.49. The first-order valence-corrected chi connectivity index (χ1v) is 6.48. The molecule has 1 aromatic rings. The summed E-state index contributed by atoms with van der Waals surface area (Å²) in [7, 11) is 0. The molecule has 0 aliphatic heterocycles. The molecule has 0 spiro atoms. The molecule has 5 nitrogen and oxygen atoms in total. The lowest BCUT2D eigenvalue weighted by atomic mass is 10.1. The number of nitrogens with one attached hydrogen (secondary N) is 1. The molecule has 3 N–H and O–H groups in total. The number of rotatable bonds is 8. The molecule has 1 unspecified atom stereocenters. The Morgan fingerprint density at radius 2 is 2.16 bits per heavy atom. The molecule has 0 fully saturated rings. The maximum Gasteiger partial charge on any atom is 0.340 e. The third-order valence-corrected chi connectivity index (χ3v) is 2.62. The van der Waals surface area contributed by atoms with E-state index in [1.165, 1.54) is 0 Å². The van der Waals surface area contributed by atoms with Crippen molar-refractivity contribution in [3.05, 3.63) is 29.8 Å². The van der Waals surface area contributed by atoms with Gasteiger partial charge in [-0.1, -0.05) is 25.5 Å². The van der Waals surface area contributed by atoms with E-state index in [0.29, 0.717) is 17.9 Å². The Morgan fingerprint density at radius 1 is 1.42 bits per heavy atom. The first-order valence-electron chi connectivity index (χ1n) is 6.48. The first kappa shape index (κ1) is 15.5. The van der Waals surface area contributed by atoms with Gasteiger partial charge < -0.3 is 20.3 Å². The Bertz CT molecular complexity index is 395. The number of hydrogen-bond donors (Lipinski definition) is 3. The van der Waals surface area contributed by atoms with Gasteiger partial charge in [0.15, 0.2) is 0 Å². The Hall–Kier alpha value is -1.59. The van der Waals surface area contributed by atoms with Crippen LogP contribution in [0.15, 0.2) is 24.3 Å². The van der Waals surface area contributed by atoms with Crippen molar-refractivity contribution in [1.82, 2.24) is 0 Å². The van der Waals surface area contributed by atoms with E-state index in [0.717, 1.165) is 12.8 Å². The Balaban J connectivity index is 2.64. The van der Waals surface area contributed by atoms with Gasteiger partial charge >= 0.3 is 5.97 Å². The normalized spacial score (nSPS) is 11.9. The van der Waals surface area contributed by atoms with Gasteiger partial charge in [-0.05, 0) is 18.6 Å². The summed E-state index contributed by atoms with van der Waals surface area (Å²) in [4.78, 5) is 11.9. The predicted molar refractivity (Wildman–Crippen MR) is 73.2 cm³/mol. The molecule has 0 aromatic heterocycles. The molecule has 0 saturated heterocycles. The summed E-state index contributed by atoms with van der Waals surface area (Å²) in [6, 6.07) is 6.95. The van der Waals surface area contributed by atoms with E-state index in [2.05, 4.69) is 5.32 Å². The van der Waals surface area contributed by atoms with E-state index in [4.69, 9.17) is 9.84 Å². The number of carbonyl (C=O) groups excluding carboxylic acids is 1. The highest BCUT2D eigenvalue weighted by Crippen LogP contribution is 2.16. The molecule has 1 aromatic carbocycles. The zero-order valence-electron chi connectivity index (χ0n) is 11.1. The highest BCUT2D eigenvalue weighted by atomic mass is 16.5. The van der Waals surface area contributed by atoms with Crippen molar-refractivity contribution in [2.24, 2.45) is 0 Å². The third-order valence-electron chi connectivity index (χ3n) is 2.62. The van der Waals surface area contributed by atoms with Crippen LogP contribution < -0.4 is 5.32 Å². The molecular formula is C14H21NO4. The number of esters is 1. The molecule has 0 bridgehead atoms. The zero-order chi connectivity index (χ0) is 14.1. The van der Waals surface area contributed by atoms with Gasteiger partial charge in [0, 0.05) is 12.2 Å². The number of para-hydroxylation sites is 1. The van der Waals surface area contributed by atoms with E-state index in [9.17, 15) is 9.90 Å². The Kier molecular flexibility index (Phi) is 6.92. The van der Waals surface area contributed by atoms with Crippen LogP contribution in [0, 0.1) is 0 Å². The molecule has 1 atom stereocenters. The number of benzene rings is 1. The minimum atomic E-state index is -0.857. The molecule has 1 rings (SSSR count). The van der Waals surface area contributed by atoms with Crippen LogP contribution >= 0.6 is 0 Å². The minimum absolute atomic E-state index is 0.176. The molecule has 0 aliphatic rings. The van der Waals surface area contributed by atoms with Crippen LogP contribution in [0.1, 0.15) is 30.1 Å². The quantitative estimate of drug-likeness (QED) is 0.490. The van der Waals surface area contributed by atoms with Gasteiger partial charge in [-0.3, -0.25) is 0 Å². The smallest absolute Gasteiger partial charge is 0.340 e. The third kappa shape index (κ3) is 5.28. The van der Waals surface area contributed by atoms with Gasteiger partial charge in [0.2, 0.25) is 0 Å². The molecule has 106 valence electrons. The van der Waals surface area contributed by atoms with Gasteiger partial charge in [0.05, 0.1) is 24.9 Å². The summed E-state index contributed by atoms with van der Waals surface area (Å²) in [5.41, 5.74) is 1.03. The summed E-state index contributed by atoms with van der Waals surface area (Å²) in [6.45, 7) is 2.29. The molecule has 0 radical (unpaired) electrons. The Labute approximate surface area is 113 Å². The highest BCUT2D eigenvalue weighted by molar-refractivity contribution is 5.95. The number of aliphatic hydroxyl groups is 2. The fourth-order valence-corrected chi connectivity index (χ4v) is 1.49. The summed E-state index contributed by atoms with van der Waals surface area (Å²) < 4.78 is 5.15. The monoisotopic (exact) mass is 267 g/mol. The van der Waals surface area contributed by atoms with E-state index in [1.807, 2.05) is 6.92 Å². The first-order chi connectivity index (χ1) is 9.19. The molecule has 0 amide bonds. The van der Waals surface area contributed by atoms with Gasteiger partial charge in [-0.2, -0.15) is 0 Å². The van der Waals surface area contributed by atoms with E-state index < -0.39 is 6.10 Å². The second kappa shape index (κ2) is 8.50. The Morgan fingerprint density at radius 3 is 2.84 bits per heavy atom. The van der Waals surface area contributed by atoms with Crippen LogP contribution in [-0.2, 0) is 4.74 Å². The topological polar surface area (TPSA) is 78.8 Å². The van der Waals surface area contributed by atoms with Crippen LogP contribution in [0.3, 0.4) is 0 Å². The molecule has 19 heavy (non-hydrogen) atoms. The number of unbranched alkanes of at least 4 members (excludes halogenated alkanes) is 1. The lowest BCUT2D eigenvalue weighted by Gasteiger charge is -2.13. The highest BCUT2D eigenvalue weighted by Gasteiger charge is 2.12. The maximum atomic E-state index is 11.9. The van der Waals surface area contributed by atoms with Crippen LogP contribution in [0.4, 0.5) is 5.69 Å². The fraction of sp³-hybridized carbons (Fsp3) is 0.500. The van der Waals surface area contributed by atoms with Crippen molar-refractivity contribution < 1.29 is 19.7 Å². The predicted octanol–water partition coefficient (Wildman–Crippen LogP) is 1.41. The minimum Gasteiger partial charge on any atom is -0.462 e. The largest absolute Gasteiger partial charge is 0.462 e. The number of ether oxygens (including phenoxy) is 1. The van der Waals surface area contributed by atoms with E-state index >= 15 is 0 Å².